The van der Waals surface area contributed by atoms with E-state index in [2.05, 4.69) is 12.3 Å². The van der Waals surface area contributed by atoms with Crippen LogP contribution in [0.25, 0.3) is 0 Å². The molecule has 5 aliphatic heterocycles. The van der Waals surface area contributed by atoms with Crippen LogP contribution in [-0.2, 0) is 38.3 Å². The maximum absolute atomic E-state index is 12.6. The topological polar surface area (TPSA) is 105 Å². The minimum absolute atomic E-state index is 0.0128. The highest BCUT2D eigenvalue weighted by molar-refractivity contribution is 5.80. The summed E-state index contributed by atoms with van der Waals surface area (Å²) in [6.07, 6.45) is 2.32. The second kappa shape index (κ2) is 9.05. The summed E-state index contributed by atoms with van der Waals surface area (Å²) in [5.74, 6) is -0.811. The maximum Gasteiger partial charge on any atom is 0.308 e. The molecule has 0 aromatic rings. The lowest BCUT2D eigenvalue weighted by molar-refractivity contribution is -0.576. The van der Waals surface area contributed by atoms with E-state index < -0.39 is 29.9 Å². The molecule has 1 spiro atoms. The molecular formula is C23H36N2O8. The van der Waals surface area contributed by atoms with Crippen LogP contribution in [0, 0.1) is 23.7 Å². The van der Waals surface area contributed by atoms with Crippen molar-refractivity contribution in [1.29, 1.82) is 0 Å². The van der Waals surface area contributed by atoms with Crippen molar-refractivity contribution in [1.82, 2.24) is 10.4 Å². The fraction of sp³-hybridized carbons (Fsp3) is 0.913. The Hall–Kier alpha value is -1.30. The van der Waals surface area contributed by atoms with E-state index in [1.54, 1.807) is 0 Å². The van der Waals surface area contributed by atoms with E-state index in [-0.39, 0.29) is 36.5 Å². The van der Waals surface area contributed by atoms with Crippen molar-refractivity contribution in [2.24, 2.45) is 23.7 Å². The second-order valence-electron chi connectivity index (χ2n) is 10.4. The molecule has 10 heteroatoms. The molecule has 0 aromatic heterocycles. The molecule has 5 saturated heterocycles. The highest BCUT2D eigenvalue weighted by atomic mass is 17.3. The van der Waals surface area contributed by atoms with Crippen LogP contribution in [0.3, 0.4) is 0 Å². The normalized spacial score (nSPS) is 45.1. The first kappa shape index (κ1) is 23.4. The van der Waals surface area contributed by atoms with Gasteiger partial charge >= 0.3 is 5.97 Å². The summed E-state index contributed by atoms with van der Waals surface area (Å²) in [5, 5.41) is 1.81. The number of hydrogen-bond donors (Lipinski definition) is 1. The zero-order valence-corrected chi connectivity index (χ0v) is 19.7. The minimum atomic E-state index is -0.871. The zero-order chi connectivity index (χ0) is 23.2. The summed E-state index contributed by atoms with van der Waals surface area (Å²) < 4.78 is 23.6. The van der Waals surface area contributed by atoms with Crippen LogP contribution < -0.4 is 5.43 Å². The van der Waals surface area contributed by atoms with Gasteiger partial charge in [0.25, 0.3) is 0 Å². The van der Waals surface area contributed by atoms with Crippen LogP contribution in [0.15, 0.2) is 0 Å². The molecule has 33 heavy (non-hydrogen) atoms. The van der Waals surface area contributed by atoms with E-state index in [4.69, 9.17) is 28.7 Å². The van der Waals surface area contributed by atoms with Crippen molar-refractivity contribution < 1.29 is 38.3 Å². The molecule has 5 heterocycles. The molecule has 6 fully saturated rings. The van der Waals surface area contributed by atoms with E-state index in [1.807, 2.05) is 18.9 Å². The van der Waals surface area contributed by atoms with E-state index in [1.165, 1.54) is 0 Å². The number of ether oxygens (including phenoxy) is 4. The average Bonchev–Trinajstić information content (AvgIpc) is 3.02. The first-order chi connectivity index (χ1) is 15.8. The number of esters is 1. The second-order valence-corrected chi connectivity index (χ2v) is 10.4. The average molecular weight is 469 g/mol. The predicted molar refractivity (Wildman–Crippen MR) is 113 cm³/mol. The summed E-state index contributed by atoms with van der Waals surface area (Å²) >= 11 is 0. The lowest BCUT2D eigenvalue weighted by Gasteiger charge is -2.59. The Labute approximate surface area is 194 Å². The number of nitrogens with zero attached hydrogens (tertiary/aromatic N) is 1. The Balaban J connectivity index is 1.22. The Kier molecular flexibility index (Phi) is 6.43. The molecule has 6 aliphatic rings. The maximum atomic E-state index is 12.6. The molecule has 0 unspecified atom stereocenters. The van der Waals surface area contributed by atoms with Crippen LogP contribution in [0.5, 0.6) is 0 Å². The van der Waals surface area contributed by atoms with E-state index in [9.17, 15) is 9.59 Å². The SMILES string of the molecule is C[C@H]1[C@H](OC(=O)CCC(=O)NN2CCOCC2)O[C@@H]2O[C@@]3(C)CC[C@H]4[C@H](C)CC[C@H]1[C@@]24OO3. The summed E-state index contributed by atoms with van der Waals surface area (Å²) in [7, 11) is 0. The minimum Gasteiger partial charge on any atom is -0.435 e. The third-order valence-electron chi connectivity index (χ3n) is 8.19. The first-order valence-corrected chi connectivity index (χ1v) is 12.3. The van der Waals surface area contributed by atoms with Gasteiger partial charge in [0.05, 0.1) is 19.6 Å². The van der Waals surface area contributed by atoms with Gasteiger partial charge in [-0.3, -0.25) is 15.0 Å². The van der Waals surface area contributed by atoms with Crippen LogP contribution in [0.4, 0.5) is 0 Å². The van der Waals surface area contributed by atoms with Crippen molar-refractivity contribution in [2.45, 2.75) is 83.3 Å². The lowest BCUT2D eigenvalue weighted by atomic mass is 9.58. The summed E-state index contributed by atoms with van der Waals surface area (Å²) in [4.78, 5) is 36.7. The number of fused-ring (bicyclic) bond motifs is 2. The summed E-state index contributed by atoms with van der Waals surface area (Å²) in [6, 6.07) is 0. The highest BCUT2D eigenvalue weighted by Gasteiger charge is 2.69. The number of hydrogen-bond acceptors (Lipinski definition) is 9. The number of rotatable bonds is 5. The number of nitrogens with one attached hydrogen (secondary N) is 1. The van der Waals surface area contributed by atoms with E-state index in [0.29, 0.717) is 32.2 Å². The molecule has 6 rings (SSSR count). The van der Waals surface area contributed by atoms with Gasteiger partial charge in [-0.25, -0.2) is 14.8 Å². The molecule has 1 amide bonds. The Morgan fingerprint density at radius 3 is 2.64 bits per heavy atom. The van der Waals surface area contributed by atoms with Crippen molar-refractivity contribution in [3.63, 3.8) is 0 Å². The smallest absolute Gasteiger partial charge is 0.308 e. The largest absolute Gasteiger partial charge is 0.435 e. The fourth-order valence-corrected chi connectivity index (χ4v) is 6.32. The Morgan fingerprint density at radius 2 is 1.85 bits per heavy atom. The monoisotopic (exact) mass is 468 g/mol. The van der Waals surface area contributed by atoms with Gasteiger partial charge in [-0.2, -0.15) is 0 Å². The van der Waals surface area contributed by atoms with Crippen molar-refractivity contribution in [3.8, 4) is 0 Å². The van der Waals surface area contributed by atoms with Crippen molar-refractivity contribution >= 4 is 11.9 Å². The molecule has 10 nitrogen and oxygen atoms in total. The van der Waals surface area contributed by atoms with Gasteiger partial charge in [-0.15, -0.1) is 0 Å². The molecule has 8 atom stereocenters. The standard InChI is InChI=1S/C23H36N2O8/c1-14-4-5-17-15(2)20(29-19(27)7-6-18(26)24-25-10-12-28-13-11-25)30-21-23(17)16(14)8-9-22(3,31-21)32-33-23/h14-17,20-21H,4-13H2,1-3H3,(H,24,26)/t14-,15-,16+,17-,20-,21-,22-,23-/m1/s1. The molecule has 0 radical (unpaired) electrons. The van der Waals surface area contributed by atoms with Crippen LogP contribution in [0.2, 0.25) is 0 Å². The predicted octanol–water partition coefficient (Wildman–Crippen LogP) is 1.88. The molecule has 186 valence electrons. The first-order valence-electron chi connectivity index (χ1n) is 12.3. The van der Waals surface area contributed by atoms with Gasteiger partial charge in [-0.05, 0) is 38.0 Å². The van der Waals surface area contributed by atoms with Gasteiger partial charge in [0.2, 0.25) is 18.0 Å². The third kappa shape index (κ3) is 4.30. The number of carbonyl (C=O) groups excluding carboxylic acids is 2. The molecule has 0 aromatic carbocycles. The third-order valence-corrected chi connectivity index (χ3v) is 8.19. The number of amides is 1. The summed E-state index contributed by atoms with van der Waals surface area (Å²) in [5.41, 5.74) is 2.12. The Bertz CT molecular complexity index is 761. The molecule has 1 saturated carbocycles. The number of hydrazine groups is 1. The molecule has 2 bridgehead atoms. The number of morpholine rings is 1. The van der Waals surface area contributed by atoms with E-state index >= 15 is 0 Å². The van der Waals surface area contributed by atoms with Gasteiger partial charge in [0, 0.05) is 37.8 Å². The van der Waals surface area contributed by atoms with Crippen LogP contribution in [-0.4, -0.2) is 67.2 Å². The molecular weight excluding hydrogens is 432 g/mol. The van der Waals surface area contributed by atoms with Crippen molar-refractivity contribution in [3.05, 3.63) is 0 Å². The quantitative estimate of drug-likeness (QED) is 0.478. The van der Waals surface area contributed by atoms with Gasteiger partial charge in [-0.1, -0.05) is 13.8 Å². The number of carbonyl (C=O) groups is 2. The van der Waals surface area contributed by atoms with Gasteiger partial charge < -0.3 is 18.9 Å². The summed E-state index contributed by atoms with van der Waals surface area (Å²) in [6.45, 7) is 8.60. The zero-order valence-electron chi connectivity index (χ0n) is 19.7. The van der Waals surface area contributed by atoms with Gasteiger partial charge in [0.1, 0.15) is 0 Å². The lowest BCUT2D eigenvalue weighted by Crippen LogP contribution is -2.70. The Morgan fingerprint density at radius 1 is 1.06 bits per heavy atom. The van der Waals surface area contributed by atoms with Gasteiger partial charge in [0.15, 0.2) is 11.9 Å². The van der Waals surface area contributed by atoms with Crippen LogP contribution >= 0.6 is 0 Å². The molecule has 1 N–H and O–H groups in total. The van der Waals surface area contributed by atoms with Crippen LogP contribution in [0.1, 0.15) is 59.3 Å². The molecule has 1 aliphatic carbocycles. The highest BCUT2D eigenvalue weighted by Crippen LogP contribution is 2.60. The fourth-order valence-electron chi connectivity index (χ4n) is 6.32. The van der Waals surface area contributed by atoms with E-state index in [0.717, 1.165) is 25.7 Å². The van der Waals surface area contributed by atoms with Crippen molar-refractivity contribution in [2.75, 3.05) is 26.3 Å².